The average Bonchev–Trinajstić information content (AvgIpc) is 3.66. The molecule has 2 fully saturated rings. The van der Waals surface area contributed by atoms with E-state index in [0.29, 0.717) is 54.5 Å². The second kappa shape index (κ2) is 13.2. The van der Waals surface area contributed by atoms with Crippen molar-refractivity contribution < 1.29 is 18.7 Å². The molecule has 46 heavy (non-hydrogen) atoms. The first-order chi connectivity index (χ1) is 22.2. The number of nitriles is 1. The molecule has 6 rings (SSSR count). The van der Waals surface area contributed by atoms with Crippen molar-refractivity contribution in [3.8, 4) is 28.8 Å². The van der Waals surface area contributed by atoms with E-state index in [4.69, 9.17) is 20.3 Å². The zero-order chi connectivity index (χ0) is 32.3. The summed E-state index contributed by atoms with van der Waals surface area (Å²) in [6.45, 7) is 8.62. The SMILES string of the molecule is CC(C)(/C=C(/C#N)C(=O)N1CCC[C@H]1Cn1nc(-c2ccc(Oc3ccccc3)cc2F)c2c(N)ncnc21)CN1CCOCC1. The van der Waals surface area contributed by atoms with Gasteiger partial charge in [-0.1, -0.05) is 38.1 Å². The fraction of sp³-hybridized carbons (Fsp3) is 0.382. The Morgan fingerprint density at radius 1 is 1.15 bits per heavy atom. The molecule has 11 nitrogen and oxygen atoms in total. The van der Waals surface area contributed by atoms with E-state index < -0.39 is 5.82 Å². The molecule has 0 spiro atoms. The summed E-state index contributed by atoms with van der Waals surface area (Å²) < 4.78 is 28.5. The van der Waals surface area contributed by atoms with Gasteiger partial charge in [-0.2, -0.15) is 10.4 Å². The number of likely N-dealkylation sites (tertiary alicyclic amines) is 1. The maximum atomic E-state index is 15.6. The number of anilines is 1. The molecule has 12 heteroatoms. The van der Waals surface area contributed by atoms with E-state index in [-0.39, 0.29) is 34.3 Å². The van der Waals surface area contributed by atoms with E-state index in [1.807, 2.05) is 32.0 Å². The fourth-order valence-corrected chi connectivity index (χ4v) is 6.28. The smallest absolute Gasteiger partial charge is 0.264 e. The van der Waals surface area contributed by atoms with Crippen LogP contribution in [0.1, 0.15) is 26.7 Å². The number of nitrogen functional groups attached to an aromatic ring is 1. The van der Waals surface area contributed by atoms with E-state index in [1.54, 1.807) is 39.9 Å². The summed E-state index contributed by atoms with van der Waals surface area (Å²) in [7, 11) is 0. The number of nitrogens with zero attached hydrogens (tertiary/aromatic N) is 7. The number of hydrogen-bond donors (Lipinski definition) is 1. The predicted octanol–water partition coefficient (Wildman–Crippen LogP) is 4.81. The van der Waals surface area contributed by atoms with E-state index in [0.717, 1.165) is 32.5 Å². The number of para-hydroxylation sites is 1. The van der Waals surface area contributed by atoms with E-state index in [9.17, 15) is 10.1 Å². The van der Waals surface area contributed by atoms with Crippen molar-refractivity contribution >= 4 is 22.8 Å². The minimum Gasteiger partial charge on any atom is -0.457 e. The molecule has 2 aromatic carbocycles. The van der Waals surface area contributed by atoms with E-state index in [2.05, 4.69) is 20.9 Å². The third-order valence-electron chi connectivity index (χ3n) is 8.38. The van der Waals surface area contributed by atoms with Crippen LogP contribution < -0.4 is 10.5 Å². The number of rotatable bonds is 9. The monoisotopic (exact) mass is 624 g/mol. The maximum absolute atomic E-state index is 15.6. The molecule has 2 aliphatic rings. The molecular weight excluding hydrogens is 587 g/mol. The number of morpholine rings is 1. The highest BCUT2D eigenvalue weighted by atomic mass is 19.1. The number of carbonyl (C=O) groups excluding carboxylic acids is 1. The molecule has 2 saturated heterocycles. The fourth-order valence-electron chi connectivity index (χ4n) is 6.28. The lowest BCUT2D eigenvalue weighted by Gasteiger charge is -2.33. The van der Waals surface area contributed by atoms with Gasteiger partial charge in [0.15, 0.2) is 5.65 Å². The van der Waals surface area contributed by atoms with Gasteiger partial charge in [-0.05, 0) is 42.5 Å². The number of hydrogen-bond acceptors (Lipinski definition) is 9. The molecule has 0 bridgehead atoms. The van der Waals surface area contributed by atoms with E-state index >= 15 is 4.39 Å². The Balaban J connectivity index is 1.25. The van der Waals surface area contributed by atoms with Crippen molar-refractivity contribution in [1.29, 1.82) is 5.26 Å². The van der Waals surface area contributed by atoms with Crippen molar-refractivity contribution in [2.75, 3.05) is 45.1 Å². The molecule has 2 aromatic heterocycles. The standard InChI is InChI=1S/C34H37FN8O3/c1-34(2,21-41-13-15-45-16-14-41)18-23(19-36)33(44)42-12-6-7-24(42)20-43-32-29(31(37)38-22-39-32)30(40-43)27-11-10-26(17-28(27)35)46-25-8-4-3-5-9-25/h3-5,8-11,17-18,22,24H,6-7,12-16,20-21H2,1-2H3,(H2,37,38,39)/b23-18-/t24-/m0/s1. The highest BCUT2D eigenvalue weighted by Crippen LogP contribution is 2.35. The van der Waals surface area contributed by atoms with Crippen molar-refractivity contribution in [3.05, 3.63) is 72.3 Å². The summed E-state index contributed by atoms with van der Waals surface area (Å²) in [4.78, 5) is 26.4. The molecular formula is C34H37FN8O3. The van der Waals surface area contributed by atoms with Crippen LogP contribution in [0, 0.1) is 22.6 Å². The molecule has 4 aromatic rings. The number of nitrogens with two attached hydrogens (primary N) is 1. The van der Waals surface area contributed by atoms with Gasteiger partial charge < -0.3 is 20.1 Å². The Morgan fingerprint density at radius 2 is 1.93 bits per heavy atom. The summed E-state index contributed by atoms with van der Waals surface area (Å²) in [6.07, 6.45) is 4.65. The minimum atomic E-state index is -0.538. The number of fused-ring (bicyclic) bond motifs is 1. The van der Waals surface area contributed by atoms with Gasteiger partial charge in [0.2, 0.25) is 0 Å². The van der Waals surface area contributed by atoms with Crippen LogP contribution >= 0.6 is 0 Å². The van der Waals surface area contributed by atoms with Crippen LogP contribution in [0.2, 0.25) is 0 Å². The zero-order valence-corrected chi connectivity index (χ0v) is 26.0. The molecule has 0 unspecified atom stereocenters. The van der Waals surface area contributed by atoms with Gasteiger partial charge in [0, 0.05) is 37.8 Å². The number of carbonyl (C=O) groups is 1. The molecule has 0 aliphatic carbocycles. The third kappa shape index (κ3) is 6.71. The summed E-state index contributed by atoms with van der Waals surface area (Å²) >= 11 is 0. The van der Waals surface area contributed by atoms with Crippen molar-refractivity contribution in [2.45, 2.75) is 39.3 Å². The largest absolute Gasteiger partial charge is 0.457 e. The van der Waals surface area contributed by atoms with Gasteiger partial charge in [-0.15, -0.1) is 0 Å². The summed E-state index contributed by atoms with van der Waals surface area (Å²) in [5.41, 5.74) is 6.99. The minimum absolute atomic E-state index is 0.127. The van der Waals surface area contributed by atoms with Crippen LogP contribution in [0.4, 0.5) is 10.2 Å². The number of ether oxygens (including phenoxy) is 2. The van der Waals surface area contributed by atoms with E-state index in [1.165, 1.54) is 12.4 Å². The second-order valence-electron chi connectivity index (χ2n) is 12.4. The highest BCUT2D eigenvalue weighted by molar-refractivity contribution is 5.99. The van der Waals surface area contributed by atoms with Crippen LogP contribution in [0.15, 0.2) is 66.5 Å². The topological polar surface area (TPSA) is 135 Å². The van der Waals surface area contributed by atoms with Crippen molar-refractivity contribution in [3.63, 3.8) is 0 Å². The quantitative estimate of drug-likeness (QED) is 0.206. The number of aromatic nitrogens is 4. The summed E-state index contributed by atoms with van der Waals surface area (Å²) in [5, 5.41) is 15.2. The lowest BCUT2D eigenvalue weighted by atomic mass is 9.89. The molecule has 1 amide bonds. The van der Waals surface area contributed by atoms with Gasteiger partial charge in [0.25, 0.3) is 5.91 Å². The molecule has 1 atom stereocenters. The highest BCUT2D eigenvalue weighted by Gasteiger charge is 2.34. The number of amides is 1. The van der Waals surface area contributed by atoms with Crippen LogP contribution in [-0.4, -0.2) is 80.9 Å². The first kappa shape index (κ1) is 31.1. The second-order valence-corrected chi connectivity index (χ2v) is 12.4. The van der Waals surface area contributed by atoms with Gasteiger partial charge in [-0.25, -0.2) is 19.0 Å². The molecule has 0 saturated carbocycles. The molecule has 4 heterocycles. The Bertz CT molecular complexity index is 1790. The molecule has 2 aliphatic heterocycles. The van der Waals surface area contributed by atoms with Crippen LogP contribution in [0.25, 0.3) is 22.3 Å². The lowest BCUT2D eigenvalue weighted by Crippen LogP contribution is -2.42. The maximum Gasteiger partial charge on any atom is 0.264 e. The molecule has 2 N–H and O–H groups in total. The van der Waals surface area contributed by atoms with Crippen LogP contribution in [-0.2, 0) is 16.1 Å². The Hall–Kier alpha value is -4.86. The number of halogens is 1. The Labute approximate surface area is 267 Å². The van der Waals surface area contributed by atoms with Crippen LogP contribution in [0.5, 0.6) is 11.5 Å². The van der Waals surface area contributed by atoms with Gasteiger partial charge in [0.05, 0.1) is 31.2 Å². The van der Waals surface area contributed by atoms with Crippen molar-refractivity contribution in [2.24, 2.45) is 5.41 Å². The van der Waals surface area contributed by atoms with Gasteiger partial charge in [-0.3, -0.25) is 9.69 Å². The first-order valence-electron chi connectivity index (χ1n) is 15.5. The van der Waals surface area contributed by atoms with Crippen molar-refractivity contribution in [1.82, 2.24) is 29.5 Å². The average molecular weight is 625 g/mol. The van der Waals surface area contributed by atoms with Crippen LogP contribution in [0.3, 0.4) is 0 Å². The van der Waals surface area contributed by atoms with Gasteiger partial charge >= 0.3 is 0 Å². The molecule has 238 valence electrons. The lowest BCUT2D eigenvalue weighted by molar-refractivity contribution is -0.127. The third-order valence-corrected chi connectivity index (χ3v) is 8.38. The normalized spacial score (nSPS) is 17.7. The Morgan fingerprint density at radius 3 is 2.67 bits per heavy atom. The summed E-state index contributed by atoms with van der Waals surface area (Å²) in [5.74, 6) is 0.268. The zero-order valence-electron chi connectivity index (χ0n) is 26.0. The predicted molar refractivity (Wildman–Crippen MR) is 171 cm³/mol. The molecule has 0 radical (unpaired) electrons. The van der Waals surface area contributed by atoms with Gasteiger partial charge in [0.1, 0.15) is 46.8 Å². The Kier molecular flexibility index (Phi) is 8.96. The number of benzene rings is 2. The summed E-state index contributed by atoms with van der Waals surface area (Å²) in [6, 6.07) is 15.6. The first-order valence-corrected chi connectivity index (χ1v) is 15.5.